The highest BCUT2D eigenvalue weighted by Gasteiger charge is 2.01. The quantitative estimate of drug-likeness (QED) is 0.469. The third-order valence-corrected chi connectivity index (χ3v) is 0.653. The van der Waals surface area contributed by atoms with Crippen LogP contribution in [0.4, 0.5) is 0 Å². The molecule has 0 aliphatic carbocycles. The van der Waals surface area contributed by atoms with Crippen LogP contribution in [0.1, 0.15) is 0 Å². The van der Waals surface area contributed by atoms with E-state index in [4.69, 9.17) is 5.11 Å². The Labute approximate surface area is 40.7 Å². The summed E-state index contributed by atoms with van der Waals surface area (Å²) in [6, 6.07) is 0. The van der Waals surface area contributed by atoms with Gasteiger partial charge in [-0.25, -0.2) is 0 Å². The minimum atomic E-state index is -0.0833. The Hall–Kier alpha value is -1.12. The van der Waals surface area contributed by atoms with Crippen molar-refractivity contribution < 1.29 is 5.11 Å². The molecule has 1 aliphatic rings. The molecule has 0 aromatic rings. The van der Waals surface area contributed by atoms with Gasteiger partial charge in [0.1, 0.15) is 0 Å². The summed E-state index contributed by atoms with van der Waals surface area (Å²) in [5.74, 6) is -0.0833. The normalized spacial score (nSPS) is 17.7. The molecule has 36 valence electrons. The summed E-state index contributed by atoms with van der Waals surface area (Å²) in [7, 11) is 0. The van der Waals surface area contributed by atoms with Gasteiger partial charge in [0.25, 0.3) is 0 Å². The van der Waals surface area contributed by atoms with E-state index < -0.39 is 0 Å². The summed E-state index contributed by atoms with van der Waals surface area (Å²) in [5, 5.41) is 15.1. The molecule has 3 heteroatoms. The maximum Gasteiger partial charge on any atom is 0.239 e. The predicted octanol–water partition coefficient (Wildman–Crippen LogP) is 0.498. The van der Waals surface area contributed by atoms with Gasteiger partial charge in [-0.15, -0.1) is 5.10 Å². The summed E-state index contributed by atoms with van der Waals surface area (Å²) in [6.07, 6.45) is 1.40. The summed E-state index contributed by atoms with van der Waals surface area (Å²) >= 11 is 0. The number of aliphatic hydroxyl groups is 1. The van der Waals surface area contributed by atoms with Crippen LogP contribution in [0.5, 0.6) is 0 Å². The summed E-state index contributed by atoms with van der Waals surface area (Å²) in [6.45, 7) is 3.41. The monoisotopic (exact) mass is 96.0 g/mol. The molecule has 0 fully saturated rings. The Balaban J connectivity index is 2.89. The maximum absolute atomic E-state index is 8.52. The fourth-order valence-electron chi connectivity index (χ4n) is 0.275. The molecule has 7 heavy (non-hydrogen) atoms. The van der Waals surface area contributed by atoms with Crippen LogP contribution in [0.15, 0.2) is 22.4 Å². The van der Waals surface area contributed by atoms with Crippen molar-refractivity contribution in [2.45, 2.75) is 0 Å². The molecular weight excluding hydrogens is 92.1 g/mol. The second-order valence-corrected chi connectivity index (χ2v) is 1.19. The second kappa shape index (κ2) is 1.18. The molecule has 0 unspecified atom stereocenters. The van der Waals surface area contributed by atoms with Gasteiger partial charge in [0.15, 0.2) is 0 Å². The average Bonchev–Trinajstić information content (AvgIpc) is 1.91. The van der Waals surface area contributed by atoms with Crippen molar-refractivity contribution in [3.05, 3.63) is 12.2 Å². The zero-order valence-electron chi connectivity index (χ0n) is 3.63. The van der Waals surface area contributed by atoms with Crippen LogP contribution >= 0.6 is 0 Å². The van der Waals surface area contributed by atoms with Crippen molar-refractivity contribution in [3.63, 3.8) is 0 Å². The van der Waals surface area contributed by atoms with Gasteiger partial charge in [-0.05, 0) is 0 Å². The highest BCUT2D eigenvalue weighted by molar-refractivity contribution is 6.13. The molecule has 0 atom stereocenters. The first-order valence-electron chi connectivity index (χ1n) is 1.80. The van der Waals surface area contributed by atoms with Gasteiger partial charge in [0.05, 0.1) is 11.8 Å². The van der Waals surface area contributed by atoms with E-state index in [0.29, 0.717) is 5.57 Å². The van der Waals surface area contributed by atoms with Gasteiger partial charge in [0, 0.05) is 0 Å². The molecular formula is C4H4N2O. The number of nitrogens with zero attached hydrogens (tertiary/aromatic N) is 2. The Morgan fingerprint density at radius 1 is 1.71 bits per heavy atom. The van der Waals surface area contributed by atoms with Crippen LogP contribution in [-0.2, 0) is 0 Å². The molecule has 0 aromatic carbocycles. The number of rotatable bonds is 0. The zero-order valence-corrected chi connectivity index (χ0v) is 3.63. The standard InChI is InChI=1S/C4H4N2O/c1-3-2-5-6-4(3)7/h2H,1H2,(H,6,7). The third kappa shape index (κ3) is 0.513. The van der Waals surface area contributed by atoms with Crippen molar-refractivity contribution >= 4 is 12.1 Å². The van der Waals surface area contributed by atoms with Crippen LogP contribution in [0.3, 0.4) is 0 Å². The molecule has 1 aliphatic heterocycles. The molecule has 0 aromatic heterocycles. The molecule has 0 amide bonds. The first-order valence-corrected chi connectivity index (χ1v) is 1.80. The lowest BCUT2D eigenvalue weighted by atomic mass is 10.3. The Morgan fingerprint density at radius 3 is 2.57 bits per heavy atom. The molecule has 0 bridgehead atoms. The predicted molar refractivity (Wildman–Crippen MR) is 27.7 cm³/mol. The van der Waals surface area contributed by atoms with Crippen molar-refractivity contribution in [2.24, 2.45) is 10.2 Å². The molecule has 0 saturated carbocycles. The Morgan fingerprint density at radius 2 is 2.43 bits per heavy atom. The fraction of sp³-hybridized carbons (Fsp3) is 0. The zero-order chi connectivity index (χ0) is 5.28. The Bertz CT molecular complexity index is 157. The van der Waals surface area contributed by atoms with Crippen LogP contribution in [0.2, 0.25) is 0 Å². The summed E-state index contributed by atoms with van der Waals surface area (Å²) in [5.41, 5.74) is 0.472. The van der Waals surface area contributed by atoms with Crippen molar-refractivity contribution in [3.8, 4) is 0 Å². The topological polar surface area (TPSA) is 45.0 Å². The largest absolute Gasteiger partial charge is 0.492 e. The maximum atomic E-state index is 8.52. The van der Waals surface area contributed by atoms with E-state index in [1.165, 1.54) is 6.21 Å². The number of aliphatic hydroxyl groups excluding tert-OH is 1. The number of hydrogen-bond acceptors (Lipinski definition) is 2. The van der Waals surface area contributed by atoms with E-state index in [0.717, 1.165) is 0 Å². The van der Waals surface area contributed by atoms with Gasteiger partial charge in [-0.1, -0.05) is 6.58 Å². The minimum absolute atomic E-state index is 0.0833. The fourth-order valence-corrected chi connectivity index (χ4v) is 0.275. The SMILES string of the molecule is C=C1C=NN=C1O. The van der Waals surface area contributed by atoms with Gasteiger partial charge in [-0.3, -0.25) is 0 Å². The van der Waals surface area contributed by atoms with Crippen molar-refractivity contribution in [1.82, 2.24) is 0 Å². The van der Waals surface area contributed by atoms with Gasteiger partial charge >= 0.3 is 0 Å². The van der Waals surface area contributed by atoms with Crippen LogP contribution < -0.4 is 0 Å². The van der Waals surface area contributed by atoms with E-state index in [-0.39, 0.29) is 5.90 Å². The highest BCUT2D eigenvalue weighted by Crippen LogP contribution is 1.95. The molecule has 0 spiro atoms. The highest BCUT2D eigenvalue weighted by atomic mass is 16.3. The molecule has 3 nitrogen and oxygen atoms in total. The van der Waals surface area contributed by atoms with E-state index in [2.05, 4.69) is 16.8 Å². The van der Waals surface area contributed by atoms with Crippen molar-refractivity contribution in [1.29, 1.82) is 0 Å². The third-order valence-electron chi connectivity index (χ3n) is 0.653. The van der Waals surface area contributed by atoms with E-state index in [1.807, 2.05) is 0 Å². The minimum Gasteiger partial charge on any atom is -0.492 e. The molecule has 1 N–H and O–H groups in total. The Kier molecular flexibility index (Phi) is 0.685. The lowest BCUT2D eigenvalue weighted by Crippen LogP contribution is -1.93. The molecule has 0 saturated heterocycles. The lowest BCUT2D eigenvalue weighted by molar-refractivity contribution is 0.555. The summed E-state index contributed by atoms with van der Waals surface area (Å²) < 4.78 is 0. The van der Waals surface area contributed by atoms with E-state index in [9.17, 15) is 0 Å². The van der Waals surface area contributed by atoms with E-state index >= 15 is 0 Å². The van der Waals surface area contributed by atoms with Crippen molar-refractivity contribution in [2.75, 3.05) is 0 Å². The molecule has 0 radical (unpaired) electrons. The van der Waals surface area contributed by atoms with E-state index in [1.54, 1.807) is 0 Å². The molecule has 1 heterocycles. The van der Waals surface area contributed by atoms with Crippen LogP contribution in [-0.4, -0.2) is 17.2 Å². The summed E-state index contributed by atoms with van der Waals surface area (Å²) in [4.78, 5) is 0. The van der Waals surface area contributed by atoms with Crippen LogP contribution in [0, 0.1) is 0 Å². The smallest absolute Gasteiger partial charge is 0.239 e. The first kappa shape index (κ1) is 4.05. The van der Waals surface area contributed by atoms with Crippen LogP contribution in [0.25, 0.3) is 0 Å². The lowest BCUT2D eigenvalue weighted by Gasteiger charge is -1.80. The second-order valence-electron chi connectivity index (χ2n) is 1.19. The van der Waals surface area contributed by atoms with Gasteiger partial charge < -0.3 is 5.11 Å². The molecule has 1 rings (SSSR count). The first-order chi connectivity index (χ1) is 3.30. The van der Waals surface area contributed by atoms with Gasteiger partial charge in [0.2, 0.25) is 5.90 Å². The van der Waals surface area contributed by atoms with Gasteiger partial charge in [-0.2, -0.15) is 5.10 Å². The average molecular weight is 96.1 g/mol. The number of hydrogen-bond donors (Lipinski definition) is 1.